The average Bonchev–Trinajstić information content (AvgIpc) is 3.07. The van der Waals surface area contributed by atoms with Crippen molar-refractivity contribution in [1.82, 2.24) is 0 Å². The van der Waals surface area contributed by atoms with Crippen molar-refractivity contribution >= 4 is 17.4 Å². The maximum atomic E-state index is 12.5. The number of anilines is 1. The maximum Gasteiger partial charge on any atom is 0.227 e. The first kappa shape index (κ1) is 13.3. The molecule has 1 aliphatic carbocycles. The fourth-order valence-corrected chi connectivity index (χ4v) is 3.48. The fraction of sp³-hybridized carbons (Fsp3) is 0.529. The Hall–Kier alpha value is -1.64. The van der Waals surface area contributed by atoms with Crippen LogP contribution in [0.1, 0.15) is 49.4 Å². The van der Waals surface area contributed by atoms with Crippen molar-refractivity contribution in [2.24, 2.45) is 11.8 Å². The van der Waals surface area contributed by atoms with Crippen molar-refractivity contribution in [2.75, 3.05) is 11.4 Å². The van der Waals surface area contributed by atoms with Crippen LogP contribution in [0.2, 0.25) is 0 Å². The molecule has 2 unspecified atom stereocenters. The smallest absolute Gasteiger partial charge is 0.227 e. The number of hydrogen-bond donors (Lipinski definition) is 0. The van der Waals surface area contributed by atoms with Gasteiger partial charge in [-0.2, -0.15) is 0 Å². The molecule has 3 nitrogen and oxygen atoms in total. The van der Waals surface area contributed by atoms with E-state index >= 15 is 0 Å². The Morgan fingerprint density at radius 1 is 1.15 bits per heavy atom. The number of carbonyl (C=O) groups is 2. The zero-order valence-electron chi connectivity index (χ0n) is 12.0. The van der Waals surface area contributed by atoms with Crippen LogP contribution in [-0.4, -0.2) is 18.2 Å². The van der Waals surface area contributed by atoms with Crippen molar-refractivity contribution in [1.29, 1.82) is 0 Å². The summed E-state index contributed by atoms with van der Waals surface area (Å²) in [6, 6.07) is 7.59. The third-order valence-electron chi connectivity index (χ3n) is 4.74. The Kier molecular flexibility index (Phi) is 3.60. The molecule has 0 bridgehead atoms. The fourth-order valence-electron chi connectivity index (χ4n) is 3.48. The van der Waals surface area contributed by atoms with Gasteiger partial charge in [-0.25, -0.2) is 0 Å². The van der Waals surface area contributed by atoms with Crippen LogP contribution in [-0.2, 0) is 4.79 Å². The Balaban J connectivity index is 1.75. The molecule has 3 rings (SSSR count). The third kappa shape index (κ3) is 2.37. The lowest BCUT2D eigenvalue weighted by atomic mass is 9.89. The molecule has 1 amide bonds. The van der Waals surface area contributed by atoms with Gasteiger partial charge in [-0.15, -0.1) is 0 Å². The predicted octanol–water partition coefficient (Wildman–Crippen LogP) is 3.43. The molecule has 1 aromatic rings. The number of hydrogen-bond acceptors (Lipinski definition) is 2. The Labute approximate surface area is 120 Å². The molecule has 1 heterocycles. The Bertz CT molecular complexity index is 520. The van der Waals surface area contributed by atoms with E-state index in [1.165, 1.54) is 0 Å². The van der Waals surface area contributed by atoms with Gasteiger partial charge in [-0.1, -0.05) is 13.3 Å². The van der Waals surface area contributed by atoms with E-state index in [0.29, 0.717) is 12.3 Å². The molecule has 1 aromatic carbocycles. The molecule has 2 fully saturated rings. The van der Waals surface area contributed by atoms with Gasteiger partial charge >= 0.3 is 0 Å². The van der Waals surface area contributed by atoms with Crippen LogP contribution in [0.25, 0.3) is 0 Å². The quantitative estimate of drug-likeness (QED) is 0.790. The van der Waals surface area contributed by atoms with Crippen LogP contribution in [0, 0.1) is 11.8 Å². The molecule has 0 radical (unpaired) electrons. The maximum absolute atomic E-state index is 12.5. The highest BCUT2D eigenvalue weighted by Crippen LogP contribution is 2.34. The van der Waals surface area contributed by atoms with Gasteiger partial charge in [0.1, 0.15) is 0 Å². The summed E-state index contributed by atoms with van der Waals surface area (Å²) in [6.07, 6.45) is 4.92. The summed E-state index contributed by atoms with van der Waals surface area (Å²) in [4.78, 5) is 26.0. The Morgan fingerprint density at radius 2 is 1.90 bits per heavy atom. The summed E-state index contributed by atoms with van der Waals surface area (Å²) >= 11 is 0. The topological polar surface area (TPSA) is 37.4 Å². The van der Waals surface area contributed by atoms with Gasteiger partial charge in [0, 0.05) is 30.1 Å². The number of rotatable bonds is 3. The monoisotopic (exact) mass is 271 g/mol. The van der Waals surface area contributed by atoms with Gasteiger partial charge in [0.25, 0.3) is 0 Å². The molecule has 1 saturated heterocycles. The van der Waals surface area contributed by atoms with E-state index in [9.17, 15) is 9.59 Å². The standard InChI is InChI=1S/C17H21NO2/c1-12-4-2-5-15(12)17(20)13-7-9-14(10-8-13)18-11-3-6-16(18)19/h7-10,12,15H,2-6,11H2,1H3. The highest BCUT2D eigenvalue weighted by atomic mass is 16.2. The van der Waals surface area contributed by atoms with Gasteiger partial charge in [0.2, 0.25) is 5.91 Å². The van der Waals surface area contributed by atoms with Gasteiger partial charge in [0.15, 0.2) is 5.78 Å². The number of carbonyl (C=O) groups excluding carboxylic acids is 2. The van der Waals surface area contributed by atoms with Crippen molar-refractivity contribution in [3.8, 4) is 0 Å². The number of nitrogens with zero attached hydrogens (tertiary/aromatic N) is 1. The summed E-state index contributed by atoms with van der Waals surface area (Å²) in [5.41, 5.74) is 1.71. The van der Waals surface area contributed by atoms with E-state index < -0.39 is 0 Å². The average molecular weight is 271 g/mol. The van der Waals surface area contributed by atoms with E-state index in [2.05, 4.69) is 6.92 Å². The number of benzene rings is 1. The van der Waals surface area contributed by atoms with Crippen molar-refractivity contribution < 1.29 is 9.59 Å². The molecular weight excluding hydrogens is 250 g/mol. The molecule has 0 aromatic heterocycles. The first-order valence-corrected chi connectivity index (χ1v) is 7.61. The Morgan fingerprint density at radius 3 is 2.45 bits per heavy atom. The van der Waals surface area contributed by atoms with Gasteiger partial charge in [-0.3, -0.25) is 9.59 Å². The second-order valence-electron chi connectivity index (χ2n) is 6.07. The summed E-state index contributed by atoms with van der Waals surface area (Å²) in [7, 11) is 0. The van der Waals surface area contributed by atoms with Crippen molar-refractivity contribution in [3.05, 3.63) is 29.8 Å². The second-order valence-corrected chi connectivity index (χ2v) is 6.07. The number of ketones is 1. The molecule has 0 N–H and O–H groups in total. The van der Waals surface area contributed by atoms with Crippen molar-refractivity contribution in [3.63, 3.8) is 0 Å². The van der Waals surface area contributed by atoms with Crippen LogP contribution in [0.15, 0.2) is 24.3 Å². The van der Waals surface area contributed by atoms with Crippen LogP contribution in [0.4, 0.5) is 5.69 Å². The molecule has 106 valence electrons. The highest BCUT2D eigenvalue weighted by molar-refractivity contribution is 5.99. The lowest BCUT2D eigenvalue weighted by molar-refractivity contribution is -0.117. The summed E-state index contributed by atoms with van der Waals surface area (Å²) in [5, 5.41) is 0. The zero-order valence-corrected chi connectivity index (χ0v) is 12.0. The van der Waals surface area contributed by atoms with Crippen LogP contribution < -0.4 is 4.90 Å². The molecule has 1 aliphatic heterocycles. The first-order valence-electron chi connectivity index (χ1n) is 7.61. The third-order valence-corrected chi connectivity index (χ3v) is 4.74. The molecule has 3 heteroatoms. The van der Waals surface area contributed by atoms with Crippen molar-refractivity contribution in [2.45, 2.75) is 39.0 Å². The lowest BCUT2D eigenvalue weighted by Crippen LogP contribution is -2.23. The van der Waals surface area contributed by atoms with Crippen LogP contribution >= 0.6 is 0 Å². The normalized spacial score (nSPS) is 26.2. The molecule has 2 atom stereocenters. The van der Waals surface area contributed by atoms with E-state index in [-0.39, 0.29) is 17.6 Å². The number of amides is 1. The molecule has 1 saturated carbocycles. The molecule has 0 spiro atoms. The van der Waals surface area contributed by atoms with Gasteiger partial charge in [0.05, 0.1) is 0 Å². The number of Topliss-reactive ketones (excluding diaryl/α,β-unsaturated/α-hetero) is 1. The van der Waals surface area contributed by atoms with E-state index in [0.717, 1.165) is 43.5 Å². The van der Waals surface area contributed by atoms with Gasteiger partial charge in [-0.05, 0) is 49.4 Å². The van der Waals surface area contributed by atoms with E-state index in [1.54, 1.807) is 0 Å². The molecule has 20 heavy (non-hydrogen) atoms. The van der Waals surface area contributed by atoms with Crippen LogP contribution in [0.5, 0.6) is 0 Å². The first-order chi connectivity index (χ1) is 9.66. The molecular formula is C17H21NO2. The van der Waals surface area contributed by atoms with E-state index in [4.69, 9.17) is 0 Å². The second kappa shape index (κ2) is 5.39. The minimum absolute atomic E-state index is 0.188. The van der Waals surface area contributed by atoms with Gasteiger partial charge < -0.3 is 4.90 Å². The summed E-state index contributed by atoms with van der Waals surface area (Å²) < 4.78 is 0. The minimum Gasteiger partial charge on any atom is -0.312 e. The van der Waals surface area contributed by atoms with E-state index in [1.807, 2.05) is 29.2 Å². The summed E-state index contributed by atoms with van der Waals surface area (Å²) in [5.74, 6) is 1.15. The SMILES string of the molecule is CC1CCCC1C(=O)c1ccc(N2CCCC2=O)cc1. The zero-order chi connectivity index (χ0) is 14.1. The predicted molar refractivity (Wildman–Crippen MR) is 78.9 cm³/mol. The lowest BCUT2D eigenvalue weighted by Gasteiger charge is -2.17. The van der Waals surface area contributed by atoms with Crippen LogP contribution in [0.3, 0.4) is 0 Å². The summed E-state index contributed by atoms with van der Waals surface area (Å²) in [6.45, 7) is 2.97. The highest BCUT2D eigenvalue weighted by Gasteiger charge is 2.30. The molecule has 2 aliphatic rings. The minimum atomic E-state index is 0.188. The largest absolute Gasteiger partial charge is 0.312 e.